The molecular weight excluding hydrogens is 302 g/mol. The summed E-state index contributed by atoms with van der Waals surface area (Å²) in [6.07, 6.45) is 0.377. The van der Waals surface area contributed by atoms with Gasteiger partial charge in [0.2, 0.25) is 5.91 Å². The number of aromatic amines is 1. The molecule has 24 heavy (non-hydrogen) atoms. The molecule has 5 nitrogen and oxygen atoms in total. The number of carbonyl (C=O) groups is 2. The van der Waals surface area contributed by atoms with Crippen LogP contribution in [0.5, 0.6) is 0 Å². The van der Waals surface area contributed by atoms with Crippen molar-refractivity contribution < 1.29 is 9.59 Å². The number of H-pyrrole nitrogens is 1. The van der Waals surface area contributed by atoms with Crippen LogP contribution in [0.25, 0.3) is 11.0 Å². The summed E-state index contributed by atoms with van der Waals surface area (Å²) in [5.74, 6) is 0.527. The van der Waals surface area contributed by atoms with Crippen molar-refractivity contribution in [2.24, 2.45) is 0 Å². The van der Waals surface area contributed by atoms with Crippen molar-refractivity contribution >= 4 is 22.7 Å². The first-order chi connectivity index (χ1) is 11.6. The molecule has 3 aromatic rings. The van der Waals surface area contributed by atoms with Gasteiger partial charge in [0.15, 0.2) is 5.78 Å². The Bertz CT molecular complexity index is 833. The molecule has 0 aliphatic heterocycles. The summed E-state index contributed by atoms with van der Waals surface area (Å²) in [4.78, 5) is 31.5. The number of carbonyl (C=O) groups excluding carboxylic acids is 2. The lowest BCUT2D eigenvalue weighted by Gasteiger charge is -2.04. The fourth-order valence-corrected chi connectivity index (χ4v) is 2.47. The molecule has 0 saturated heterocycles. The highest BCUT2D eigenvalue weighted by Crippen LogP contribution is 2.10. The Labute approximate surface area is 140 Å². The van der Waals surface area contributed by atoms with Gasteiger partial charge in [0.05, 0.1) is 17.6 Å². The first-order valence-electron chi connectivity index (χ1n) is 7.92. The largest absolute Gasteiger partial charge is 0.349 e. The van der Waals surface area contributed by atoms with Crippen molar-refractivity contribution in [1.82, 2.24) is 15.3 Å². The predicted molar refractivity (Wildman–Crippen MR) is 92.7 cm³/mol. The van der Waals surface area contributed by atoms with Crippen LogP contribution < -0.4 is 5.32 Å². The van der Waals surface area contributed by atoms with E-state index in [0.29, 0.717) is 17.9 Å². The van der Waals surface area contributed by atoms with Crippen molar-refractivity contribution in [3.63, 3.8) is 0 Å². The third kappa shape index (κ3) is 3.87. The van der Waals surface area contributed by atoms with Gasteiger partial charge in [-0.2, -0.15) is 0 Å². The van der Waals surface area contributed by atoms with Gasteiger partial charge in [-0.15, -0.1) is 0 Å². The molecule has 122 valence electrons. The number of nitrogens with zero attached hydrogens (tertiary/aromatic N) is 1. The third-order valence-electron chi connectivity index (χ3n) is 3.84. The Morgan fingerprint density at radius 1 is 1.04 bits per heavy atom. The first kappa shape index (κ1) is 15.9. The highest BCUT2D eigenvalue weighted by Gasteiger charge is 2.10. The van der Waals surface area contributed by atoms with Gasteiger partial charge >= 0.3 is 0 Å². The maximum atomic E-state index is 12.1. The summed E-state index contributed by atoms with van der Waals surface area (Å²) < 4.78 is 0. The van der Waals surface area contributed by atoms with Crippen molar-refractivity contribution in [1.29, 1.82) is 0 Å². The van der Waals surface area contributed by atoms with E-state index in [2.05, 4.69) is 15.3 Å². The highest BCUT2D eigenvalue weighted by atomic mass is 16.2. The smallest absolute Gasteiger partial charge is 0.220 e. The van der Waals surface area contributed by atoms with E-state index >= 15 is 0 Å². The average Bonchev–Trinajstić information content (AvgIpc) is 3.01. The zero-order valence-electron chi connectivity index (χ0n) is 13.5. The topological polar surface area (TPSA) is 74.8 Å². The summed E-state index contributed by atoms with van der Waals surface area (Å²) in [5.41, 5.74) is 3.56. The van der Waals surface area contributed by atoms with Gasteiger partial charge in [-0.3, -0.25) is 9.59 Å². The minimum Gasteiger partial charge on any atom is -0.349 e. The third-order valence-corrected chi connectivity index (χ3v) is 3.84. The Hall–Kier alpha value is -2.95. The number of hydrogen-bond donors (Lipinski definition) is 2. The van der Waals surface area contributed by atoms with Crippen LogP contribution in [0.1, 0.15) is 34.6 Å². The van der Waals surface area contributed by atoms with E-state index in [1.54, 1.807) is 12.1 Å². The van der Waals surface area contributed by atoms with Crippen molar-refractivity contribution in [3.05, 3.63) is 65.5 Å². The number of benzene rings is 2. The molecule has 1 heterocycles. The van der Waals surface area contributed by atoms with Gasteiger partial charge < -0.3 is 10.3 Å². The van der Waals surface area contributed by atoms with Crippen LogP contribution in [-0.2, 0) is 11.3 Å². The molecule has 0 aliphatic carbocycles. The molecule has 0 radical (unpaired) electrons. The van der Waals surface area contributed by atoms with Gasteiger partial charge in [0, 0.05) is 18.4 Å². The van der Waals surface area contributed by atoms with Crippen LogP contribution >= 0.6 is 0 Å². The number of nitrogens with one attached hydrogen (secondary N) is 2. The molecule has 1 aromatic heterocycles. The van der Waals surface area contributed by atoms with Crippen molar-refractivity contribution in [2.45, 2.75) is 26.3 Å². The number of fused-ring (bicyclic) bond motifs is 1. The molecule has 2 N–H and O–H groups in total. The molecule has 0 atom stereocenters. The quantitative estimate of drug-likeness (QED) is 0.685. The number of amides is 1. The molecule has 2 aromatic carbocycles. The molecule has 0 aliphatic rings. The van der Waals surface area contributed by atoms with Crippen molar-refractivity contribution in [3.8, 4) is 0 Å². The van der Waals surface area contributed by atoms with Gasteiger partial charge in [0.1, 0.15) is 5.82 Å². The first-order valence-corrected chi connectivity index (χ1v) is 7.92. The van der Waals surface area contributed by atoms with E-state index in [1.165, 1.54) is 0 Å². The molecule has 5 heteroatoms. The average molecular weight is 321 g/mol. The van der Waals surface area contributed by atoms with Crippen LogP contribution in [-0.4, -0.2) is 21.7 Å². The molecule has 0 fully saturated rings. The lowest BCUT2D eigenvalue weighted by Crippen LogP contribution is -2.23. The maximum absolute atomic E-state index is 12.1. The summed E-state index contributed by atoms with van der Waals surface area (Å²) in [6, 6.07) is 15.1. The number of aromatic nitrogens is 2. The predicted octanol–water partition coefficient (Wildman–Crippen LogP) is 3.15. The minimum absolute atomic E-state index is 0.0195. The van der Waals surface area contributed by atoms with E-state index in [0.717, 1.165) is 16.6 Å². The van der Waals surface area contributed by atoms with Crippen LogP contribution in [0, 0.1) is 6.92 Å². The zero-order valence-corrected chi connectivity index (χ0v) is 13.5. The van der Waals surface area contributed by atoms with E-state index in [4.69, 9.17) is 0 Å². The number of ketones is 1. The van der Waals surface area contributed by atoms with E-state index in [-0.39, 0.29) is 24.5 Å². The Morgan fingerprint density at radius 3 is 2.54 bits per heavy atom. The van der Waals surface area contributed by atoms with Crippen LogP contribution in [0.15, 0.2) is 48.5 Å². The normalized spacial score (nSPS) is 10.7. The molecule has 3 rings (SSSR count). The van der Waals surface area contributed by atoms with Crippen LogP contribution in [0.4, 0.5) is 0 Å². The van der Waals surface area contributed by atoms with E-state index in [9.17, 15) is 9.59 Å². The molecule has 0 saturated carbocycles. The SMILES string of the molecule is Cc1ccc(C(=O)CCC(=O)NCc2nc3ccccc3[nH]2)cc1. The second-order valence-corrected chi connectivity index (χ2v) is 5.77. The summed E-state index contributed by atoms with van der Waals surface area (Å²) in [6.45, 7) is 2.30. The number of Topliss-reactive ketones (excluding diaryl/α,β-unsaturated/α-hetero) is 1. The lowest BCUT2D eigenvalue weighted by molar-refractivity contribution is -0.121. The molecular formula is C19H19N3O2. The number of hydrogen-bond acceptors (Lipinski definition) is 3. The molecule has 0 bridgehead atoms. The lowest BCUT2D eigenvalue weighted by atomic mass is 10.1. The zero-order chi connectivity index (χ0) is 16.9. The van der Waals surface area contributed by atoms with Crippen LogP contribution in [0.2, 0.25) is 0 Å². The molecule has 0 unspecified atom stereocenters. The fourth-order valence-electron chi connectivity index (χ4n) is 2.47. The fraction of sp³-hybridized carbons (Fsp3) is 0.211. The number of aryl methyl sites for hydroxylation is 1. The summed E-state index contributed by atoms with van der Waals surface area (Å²) in [5, 5.41) is 2.79. The Balaban J connectivity index is 1.48. The molecule has 0 spiro atoms. The van der Waals surface area contributed by atoms with Gasteiger partial charge in [0.25, 0.3) is 0 Å². The van der Waals surface area contributed by atoms with E-state index < -0.39 is 0 Å². The summed E-state index contributed by atoms with van der Waals surface area (Å²) >= 11 is 0. The second-order valence-electron chi connectivity index (χ2n) is 5.77. The van der Waals surface area contributed by atoms with Crippen molar-refractivity contribution in [2.75, 3.05) is 0 Å². The maximum Gasteiger partial charge on any atom is 0.220 e. The van der Waals surface area contributed by atoms with Gasteiger partial charge in [-0.05, 0) is 19.1 Å². The minimum atomic E-state index is -0.157. The summed E-state index contributed by atoms with van der Waals surface area (Å²) in [7, 11) is 0. The number of rotatable bonds is 6. The van der Waals surface area contributed by atoms with Gasteiger partial charge in [-0.25, -0.2) is 4.98 Å². The monoisotopic (exact) mass is 321 g/mol. The number of imidazole rings is 1. The number of para-hydroxylation sites is 2. The van der Waals surface area contributed by atoms with Crippen LogP contribution in [0.3, 0.4) is 0 Å². The Kier molecular flexibility index (Phi) is 4.70. The van der Waals surface area contributed by atoms with Gasteiger partial charge in [-0.1, -0.05) is 42.0 Å². The molecule has 1 amide bonds. The Morgan fingerprint density at radius 2 is 1.79 bits per heavy atom. The van der Waals surface area contributed by atoms with E-state index in [1.807, 2.05) is 43.3 Å². The highest BCUT2D eigenvalue weighted by molar-refractivity contribution is 5.97. The second kappa shape index (κ2) is 7.08. The standard InChI is InChI=1S/C19H19N3O2/c1-13-6-8-14(9-7-13)17(23)10-11-19(24)20-12-18-21-15-4-2-3-5-16(15)22-18/h2-9H,10-12H2,1H3,(H,20,24)(H,21,22).